The Morgan fingerprint density at radius 2 is 1.83 bits per heavy atom. The molecule has 0 radical (unpaired) electrons. The fraction of sp³-hybridized carbons (Fsp3) is 0.625. The van der Waals surface area contributed by atoms with Crippen LogP contribution in [0.15, 0.2) is 29.2 Å². The lowest BCUT2D eigenvalue weighted by Gasteiger charge is -2.35. The van der Waals surface area contributed by atoms with Crippen LogP contribution < -0.4 is 0 Å². The molecular formula is C16H22O7S. The third kappa shape index (κ3) is 3.49. The molecule has 134 valence electrons. The Balaban J connectivity index is 1.86. The molecule has 0 aliphatic carbocycles. The molecule has 0 unspecified atom stereocenters. The third-order valence-electron chi connectivity index (χ3n) is 4.02. The monoisotopic (exact) mass is 358 g/mol. The second-order valence-electron chi connectivity index (χ2n) is 6.40. The first-order valence-corrected chi connectivity index (χ1v) is 9.13. The van der Waals surface area contributed by atoms with E-state index in [0.29, 0.717) is 0 Å². The lowest BCUT2D eigenvalue weighted by molar-refractivity contribution is -0.233. The van der Waals surface area contributed by atoms with Gasteiger partial charge in [-0.3, -0.25) is 4.18 Å². The molecule has 0 N–H and O–H groups in total. The summed E-state index contributed by atoms with van der Waals surface area (Å²) >= 11 is 0. The molecule has 1 aromatic carbocycles. The van der Waals surface area contributed by atoms with Gasteiger partial charge in [-0.1, -0.05) is 17.7 Å². The second kappa shape index (κ2) is 6.36. The highest BCUT2D eigenvalue weighted by molar-refractivity contribution is 7.86. The van der Waals surface area contributed by atoms with E-state index in [9.17, 15) is 8.42 Å². The van der Waals surface area contributed by atoms with Gasteiger partial charge < -0.3 is 18.9 Å². The molecule has 2 fully saturated rings. The first-order valence-electron chi connectivity index (χ1n) is 7.72. The van der Waals surface area contributed by atoms with E-state index in [1.807, 2.05) is 6.92 Å². The summed E-state index contributed by atoms with van der Waals surface area (Å²) in [6, 6.07) is 6.43. The van der Waals surface area contributed by atoms with E-state index in [0.717, 1.165) is 5.56 Å². The quantitative estimate of drug-likeness (QED) is 0.756. The Hall–Kier alpha value is -1.03. The Morgan fingerprint density at radius 3 is 2.46 bits per heavy atom. The molecule has 0 aromatic heterocycles. The lowest BCUT2D eigenvalue weighted by atomic mass is 10.1. The molecule has 0 bridgehead atoms. The van der Waals surface area contributed by atoms with Gasteiger partial charge >= 0.3 is 0 Å². The van der Waals surface area contributed by atoms with Crippen molar-refractivity contribution in [2.45, 2.75) is 56.1 Å². The SMILES string of the molecule is CO[C@H]1OC[C@H]2OC(C)(C)O[C@@H]2[C@@H]1OS(=O)(=O)c1ccc(C)cc1. The van der Waals surface area contributed by atoms with E-state index in [2.05, 4.69) is 0 Å². The highest BCUT2D eigenvalue weighted by Gasteiger charge is 2.53. The van der Waals surface area contributed by atoms with Gasteiger partial charge in [0.2, 0.25) is 0 Å². The summed E-state index contributed by atoms with van der Waals surface area (Å²) in [5.74, 6) is -0.837. The van der Waals surface area contributed by atoms with Gasteiger partial charge in [0, 0.05) is 7.11 Å². The summed E-state index contributed by atoms with van der Waals surface area (Å²) in [5, 5.41) is 0. The number of ether oxygens (including phenoxy) is 4. The molecule has 1 aromatic rings. The van der Waals surface area contributed by atoms with Crippen molar-refractivity contribution in [2.75, 3.05) is 13.7 Å². The van der Waals surface area contributed by atoms with E-state index in [1.165, 1.54) is 19.2 Å². The molecular weight excluding hydrogens is 336 g/mol. The first-order chi connectivity index (χ1) is 11.2. The maximum absolute atomic E-state index is 12.6. The number of hydrogen-bond donors (Lipinski definition) is 0. The van der Waals surface area contributed by atoms with Gasteiger partial charge in [0.25, 0.3) is 10.1 Å². The van der Waals surface area contributed by atoms with Gasteiger partial charge in [0.15, 0.2) is 18.2 Å². The fourth-order valence-electron chi connectivity index (χ4n) is 2.92. The summed E-state index contributed by atoms with van der Waals surface area (Å²) in [5.41, 5.74) is 0.957. The van der Waals surface area contributed by atoms with Crippen LogP contribution in [-0.4, -0.2) is 52.5 Å². The minimum absolute atomic E-state index is 0.0725. The minimum atomic E-state index is -3.99. The number of fused-ring (bicyclic) bond motifs is 1. The predicted molar refractivity (Wildman–Crippen MR) is 83.8 cm³/mol. The van der Waals surface area contributed by atoms with Crippen LogP contribution in [0.1, 0.15) is 19.4 Å². The largest absolute Gasteiger partial charge is 0.353 e. The summed E-state index contributed by atoms with van der Waals surface area (Å²) in [7, 11) is -2.56. The highest BCUT2D eigenvalue weighted by Crippen LogP contribution is 2.37. The van der Waals surface area contributed by atoms with Gasteiger partial charge in [-0.05, 0) is 32.9 Å². The van der Waals surface area contributed by atoms with Crippen molar-refractivity contribution in [3.05, 3.63) is 29.8 Å². The van der Waals surface area contributed by atoms with E-state index >= 15 is 0 Å². The number of aryl methyl sites for hydroxylation is 1. The van der Waals surface area contributed by atoms with Gasteiger partial charge in [0.1, 0.15) is 12.2 Å². The van der Waals surface area contributed by atoms with Crippen LogP contribution in [-0.2, 0) is 33.2 Å². The number of methoxy groups -OCH3 is 1. The Labute approximate surface area is 141 Å². The Kier molecular flexibility index (Phi) is 4.71. The summed E-state index contributed by atoms with van der Waals surface area (Å²) < 4.78 is 52.9. The molecule has 8 heteroatoms. The molecule has 0 spiro atoms. The number of hydrogen-bond acceptors (Lipinski definition) is 7. The summed E-state index contributed by atoms with van der Waals surface area (Å²) in [4.78, 5) is 0.0725. The average Bonchev–Trinajstić information content (AvgIpc) is 2.82. The standard InChI is InChI=1S/C16H22O7S/c1-10-5-7-11(8-6-10)24(17,18)23-14-13-12(9-20-15(14)19-4)21-16(2,3)22-13/h5-8,12-15H,9H2,1-4H3/t12-,13+,14+,15+/m1/s1. The maximum Gasteiger partial charge on any atom is 0.297 e. The van der Waals surface area contributed by atoms with Crippen molar-refractivity contribution in [3.8, 4) is 0 Å². The van der Waals surface area contributed by atoms with E-state index in [-0.39, 0.29) is 11.5 Å². The van der Waals surface area contributed by atoms with Gasteiger partial charge in [-0.25, -0.2) is 0 Å². The maximum atomic E-state index is 12.6. The van der Waals surface area contributed by atoms with Crippen LogP contribution in [0.3, 0.4) is 0 Å². The van der Waals surface area contributed by atoms with Crippen LogP contribution in [0.25, 0.3) is 0 Å². The second-order valence-corrected chi connectivity index (χ2v) is 7.98. The van der Waals surface area contributed by atoms with Crippen molar-refractivity contribution >= 4 is 10.1 Å². The zero-order valence-corrected chi connectivity index (χ0v) is 14.9. The van der Waals surface area contributed by atoms with Crippen LogP contribution in [0.4, 0.5) is 0 Å². The normalized spacial score (nSPS) is 32.5. The zero-order valence-electron chi connectivity index (χ0n) is 14.1. The van der Waals surface area contributed by atoms with Crippen LogP contribution in [0, 0.1) is 6.92 Å². The van der Waals surface area contributed by atoms with E-state index in [1.54, 1.807) is 26.0 Å². The predicted octanol–water partition coefficient (Wildman–Crippen LogP) is 1.59. The lowest BCUT2D eigenvalue weighted by Crippen LogP contribution is -2.54. The van der Waals surface area contributed by atoms with Crippen molar-refractivity contribution < 1.29 is 31.5 Å². The van der Waals surface area contributed by atoms with Crippen molar-refractivity contribution in [1.29, 1.82) is 0 Å². The van der Waals surface area contributed by atoms with Gasteiger partial charge in [-0.15, -0.1) is 0 Å². The van der Waals surface area contributed by atoms with Crippen LogP contribution >= 0.6 is 0 Å². The highest BCUT2D eigenvalue weighted by atomic mass is 32.2. The molecule has 2 aliphatic rings. The first kappa shape index (κ1) is 17.8. The molecule has 0 saturated carbocycles. The molecule has 0 amide bonds. The minimum Gasteiger partial charge on any atom is -0.353 e. The molecule has 2 aliphatic heterocycles. The van der Waals surface area contributed by atoms with Crippen molar-refractivity contribution in [2.24, 2.45) is 0 Å². The zero-order chi connectivity index (χ0) is 17.5. The average molecular weight is 358 g/mol. The Bertz CT molecular complexity index is 683. The van der Waals surface area contributed by atoms with E-state index < -0.39 is 40.5 Å². The molecule has 2 saturated heterocycles. The van der Waals surface area contributed by atoms with Crippen molar-refractivity contribution in [3.63, 3.8) is 0 Å². The smallest absolute Gasteiger partial charge is 0.297 e. The molecule has 3 rings (SSSR count). The van der Waals surface area contributed by atoms with Crippen LogP contribution in [0.5, 0.6) is 0 Å². The fourth-order valence-corrected chi connectivity index (χ4v) is 3.99. The topological polar surface area (TPSA) is 80.3 Å². The van der Waals surface area contributed by atoms with Gasteiger partial charge in [-0.2, -0.15) is 8.42 Å². The third-order valence-corrected chi connectivity index (χ3v) is 5.34. The molecule has 4 atom stereocenters. The summed E-state index contributed by atoms with van der Waals surface area (Å²) in [6.45, 7) is 5.65. The number of benzene rings is 1. The van der Waals surface area contributed by atoms with E-state index in [4.69, 9.17) is 23.1 Å². The molecule has 2 heterocycles. The molecule has 24 heavy (non-hydrogen) atoms. The van der Waals surface area contributed by atoms with Crippen LogP contribution in [0.2, 0.25) is 0 Å². The molecule has 7 nitrogen and oxygen atoms in total. The van der Waals surface area contributed by atoms with Gasteiger partial charge in [0.05, 0.1) is 11.5 Å². The van der Waals surface area contributed by atoms with Crippen molar-refractivity contribution in [1.82, 2.24) is 0 Å². The Morgan fingerprint density at radius 1 is 1.17 bits per heavy atom. The summed E-state index contributed by atoms with van der Waals surface area (Å²) in [6.07, 6.45) is -2.82. The number of rotatable bonds is 4.